The van der Waals surface area contributed by atoms with Crippen molar-refractivity contribution in [1.29, 1.82) is 0 Å². The molecule has 0 aromatic heterocycles. The third-order valence-electron chi connectivity index (χ3n) is 4.33. The molecule has 1 fully saturated rings. The summed E-state index contributed by atoms with van der Waals surface area (Å²) in [6.45, 7) is -0.194. The fourth-order valence-corrected chi connectivity index (χ4v) is 3.99. The minimum absolute atomic E-state index is 0.194. The minimum Gasteiger partial charge on any atom is -0.461 e. The van der Waals surface area contributed by atoms with Gasteiger partial charge in [0.25, 0.3) is 0 Å². The van der Waals surface area contributed by atoms with Crippen molar-refractivity contribution in [3.8, 4) is 0 Å². The van der Waals surface area contributed by atoms with Crippen molar-refractivity contribution in [1.82, 2.24) is 0 Å². The fourth-order valence-electron chi connectivity index (χ4n) is 2.82. The van der Waals surface area contributed by atoms with E-state index in [1.54, 1.807) is 12.2 Å². The molecule has 1 aliphatic heterocycles. The van der Waals surface area contributed by atoms with E-state index in [-0.39, 0.29) is 6.61 Å². The first-order valence-electron chi connectivity index (χ1n) is 9.34. The number of rotatable bonds is 7. The molecule has 1 N–H and O–H groups in total. The van der Waals surface area contributed by atoms with Crippen LogP contribution in [-0.4, -0.2) is 46.6 Å². The number of aliphatic hydroxyl groups excluding tert-OH is 1. The standard InChI is InChI=1S/C23H21FO5S/c24-21-22(29-20(26)14-12-17-9-5-2-6-10-17)18(30-23(21)27)15-28-19(25)13-11-16-7-3-1-4-8-16/h1-14,18,21-23,27H,15H2/b13-11+,14-12+/t18-,21+,22-,23?/m1/s1. The molecule has 2 aromatic rings. The zero-order valence-corrected chi connectivity index (χ0v) is 16.8. The predicted octanol–water partition coefficient (Wildman–Crippen LogP) is 3.64. The topological polar surface area (TPSA) is 72.8 Å². The highest BCUT2D eigenvalue weighted by Gasteiger charge is 2.46. The second kappa shape index (κ2) is 10.8. The number of aliphatic hydroxyl groups is 1. The summed E-state index contributed by atoms with van der Waals surface area (Å²) in [5.41, 5.74) is 0.271. The number of hydrogen-bond donors (Lipinski definition) is 1. The molecule has 2 aromatic carbocycles. The summed E-state index contributed by atoms with van der Waals surface area (Å²) < 4.78 is 24.7. The maximum absolute atomic E-state index is 14.3. The van der Waals surface area contributed by atoms with E-state index in [4.69, 9.17) is 9.47 Å². The average Bonchev–Trinajstić information content (AvgIpc) is 3.04. The first-order valence-corrected chi connectivity index (χ1v) is 10.3. The molecule has 7 heteroatoms. The molecule has 4 atom stereocenters. The smallest absolute Gasteiger partial charge is 0.331 e. The van der Waals surface area contributed by atoms with Gasteiger partial charge in [-0.25, -0.2) is 14.0 Å². The number of hydrogen-bond acceptors (Lipinski definition) is 6. The molecule has 0 bridgehead atoms. The molecule has 0 aliphatic carbocycles. The molecule has 5 nitrogen and oxygen atoms in total. The molecule has 0 radical (unpaired) electrons. The summed E-state index contributed by atoms with van der Waals surface area (Å²) in [5, 5.41) is 9.09. The zero-order chi connectivity index (χ0) is 21.3. The number of esters is 2. The lowest BCUT2D eigenvalue weighted by atomic mass is 10.1. The Kier molecular flexibility index (Phi) is 7.82. The molecule has 0 amide bonds. The highest BCUT2D eigenvalue weighted by atomic mass is 32.2. The summed E-state index contributed by atoms with van der Waals surface area (Å²) >= 11 is 0.873. The summed E-state index contributed by atoms with van der Waals surface area (Å²) in [6.07, 6.45) is 2.63. The van der Waals surface area contributed by atoms with Gasteiger partial charge >= 0.3 is 11.9 Å². The van der Waals surface area contributed by atoms with E-state index in [0.717, 1.165) is 22.9 Å². The molecule has 3 rings (SSSR count). The Bertz CT molecular complexity index is 900. The van der Waals surface area contributed by atoms with Crippen molar-refractivity contribution in [3.05, 3.63) is 83.9 Å². The van der Waals surface area contributed by atoms with Crippen LogP contribution in [0.15, 0.2) is 72.8 Å². The molecule has 1 saturated heterocycles. The number of halogens is 1. The largest absolute Gasteiger partial charge is 0.461 e. The van der Waals surface area contributed by atoms with Gasteiger partial charge in [-0.3, -0.25) is 0 Å². The second-order valence-electron chi connectivity index (χ2n) is 6.53. The third kappa shape index (κ3) is 6.30. The molecule has 0 saturated carbocycles. The maximum atomic E-state index is 14.3. The van der Waals surface area contributed by atoms with Crippen molar-refractivity contribution in [2.45, 2.75) is 23.0 Å². The third-order valence-corrected chi connectivity index (χ3v) is 5.62. The Labute approximate surface area is 178 Å². The Balaban J connectivity index is 1.54. The van der Waals surface area contributed by atoms with Gasteiger partial charge in [-0.05, 0) is 23.3 Å². The number of ether oxygens (including phenoxy) is 2. The first-order chi connectivity index (χ1) is 14.5. The van der Waals surface area contributed by atoms with Gasteiger partial charge < -0.3 is 14.6 Å². The predicted molar refractivity (Wildman–Crippen MR) is 114 cm³/mol. The number of alkyl halides is 1. The lowest BCUT2D eigenvalue weighted by molar-refractivity contribution is -0.148. The fraction of sp³-hybridized carbons (Fsp3) is 0.217. The van der Waals surface area contributed by atoms with Crippen molar-refractivity contribution in [2.75, 3.05) is 6.61 Å². The summed E-state index contributed by atoms with van der Waals surface area (Å²) in [5.74, 6) is -1.34. The lowest BCUT2D eigenvalue weighted by Gasteiger charge is -2.19. The van der Waals surface area contributed by atoms with Crippen LogP contribution in [0.5, 0.6) is 0 Å². The van der Waals surface area contributed by atoms with Crippen molar-refractivity contribution < 1.29 is 28.6 Å². The van der Waals surface area contributed by atoms with Crippen LogP contribution in [0, 0.1) is 0 Å². The van der Waals surface area contributed by atoms with E-state index in [2.05, 4.69) is 0 Å². The lowest BCUT2D eigenvalue weighted by Crippen LogP contribution is -2.36. The number of thioether (sulfide) groups is 1. The van der Waals surface area contributed by atoms with Gasteiger partial charge in [0.1, 0.15) is 12.0 Å². The van der Waals surface area contributed by atoms with Gasteiger partial charge in [-0.2, -0.15) is 0 Å². The van der Waals surface area contributed by atoms with E-state index in [0.29, 0.717) is 0 Å². The van der Waals surface area contributed by atoms with Crippen molar-refractivity contribution >= 4 is 35.9 Å². The Morgan fingerprint density at radius 2 is 1.47 bits per heavy atom. The first kappa shape index (κ1) is 21.8. The van der Waals surface area contributed by atoms with E-state index in [1.165, 1.54) is 12.2 Å². The van der Waals surface area contributed by atoms with Crippen molar-refractivity contribution in [3.63, 3.8) is 0 Å². The number of benzene rings is 2. The van der Waals surface area contributed by atoms with Crippen LogP contribution in [0.25, 0.3) is 12.2 Å². The van der Waals surface area contributed by atoms with Crippen LogP contribution in [0.1, 0.15) is 11.1 Å². The molecule has 1 aliphatic rings. The number of carbonyl (C=O) groups is 2. The highest BCUT2D eigenvalue weighted by Crippen LogP contribution is 2.37. The summed E-state index contributed by atoms with van der Waals surface area (Å²) in [7, 11) is 0. The van der Waals surface area contributed by atoms with E-state index < -0.39 is 34.9 Å². The van der Waals surface area contributed by atoms with E-state index in [1.807, 2.05) is 60.7 Å². The Hall–Kier alpha value is -2.90. The maximum Gasteiger partial charge on any atom is 0.331 e. The van der Waals surface area contributed by atoms with Crippen LogP contribution in [0.4, 0.5) is 4.39 Å². The Morgan fingerprint density at radius 3 is 2.03 bits per heavy atom. The van der Waals surface area contributed by atoms with Gasteiger partial charge in [0.2, 0.25) is 0 Å². The second-order valence-corrected chi connectivity index (χ2v) is 7.89. The van der Waals surface area contributed by atoms with Crippen LogP contribution >= 0.6 is 11.8 Å². The van der Waals surface area contributed by atoms with Crippen LogP contribution in [0.2, 0.25) is 0 Å². The SMILES string of the molecule is O=C(/C=C/c1ccccc1)OC[C@H]1SC(O)[C@@H](F)[C@@H]1OC(=O)/C=C/c1ccccc1. The van der Waals surface area contributed by atoms with Gasteiger partial charge in [0, 0.05) is 12.2 Å². The van der Waals surface area contributed by atoms with Crippen LogP contribution in [-0.2, 0) is 19.1 Å². The van der Waals surface area contributed by atoms with E-state index >= 15 is 0 Å². The summed E-state index contributed by atoms with van der Waals surface area (Å²) in [6, 6.07) is 18.3. The van der Waals surface area contributed by atoms with Crippen LogP contribution < -0.4 is 0 Å². The normalized spacial score (nSPS) is 23.7. The minimum atomic E-state index is -1.77. The number of carbonyl (C=O) groups excluding carboxylic acids is 2. The highest BCUT2D eigenvalue weighted by molar-refractivity contribution is 8.00. The molecule has 0 spiro atoms. The molecular formula is C23H21FO5S. The zero-order valence-electron chi connectivity index (χ0n) is 16.0. The molecule has 156 valence electrons. The Morgan fingerprint density at radius 1 is 0.933 bits per heavy atom. The van der Waals surface area contributed by atoms with Crippen molar-refractivity contribution in [2.24, 2.45) is 0 Å². The van der Waals surface area contributed by atoms with Gasteiger partial charge in [0.15, 0.2) is 12.3 Å². The van der Waals surface area contributed by atoms with Gasteiger partial charge in [-0.15, -0.1) is 11.8 Å². The van der Waals surface area contributed by atoms with E-state index in [9.17, 15) is 19.1 Å². The molecule has 30 heavy (non-hydrogen) atoms. The van der Waals surface area contributed by atoms with Gasteiger partial charge in [0.05, 0.1) is 5.25 Å². The quantitative estimate of drug-likeness (QED) is 0.536. The monoisotopic (exact) mass is 428 g/mol. The van der Waals surface area contributed by atoms with Crippen LogP contribution in [0.3, 0.4) is 0 Å². The van der Waals surface area contributed by atoms with Gasteiger partial charge in [-0.1, -0.05) is 60.7 Å². The average molecular weight is 428 g/mol. The molecule has 1 unspecified atom stereocenters. The molecular weight excluding hydrogens is 407 g/mol. The summed E-state index contributed by atoms with van der Waals surface area (Å²) in [4.78, 5) is 24.0. The molecule has 1 heterocycles.